The molecule has 0 radical (unpaired) electrons. The first-order chi connectivity index (χ1) is 11.2. The first-order valence-corrected chi connectivity index (χ1v) is 10.1. The Hall–Kier alpha value is -0.160. The predicted molar refractivity (Wildman–Crippen MR) is 105 cm³/mol. The summed E-state index contributed by atoms with van der Waals surface area (Å²) in [5, 5.41) is 0. The highest BCUT2D eigenvalue weighted by molar-refractivity contribution is 4.91. The van der Waals surface area contributed by atoms with Crippen LogP contribution in [0.3, 0.4) is 0 Å². The van der Waals surface area contributed by atoms with Crippen LogP contribution in [0.25, 0.3) is 0 Å². The van der Waals surface area contributed by atoms with Gasteiger partial charge in [0.15, 0.2) is 0 Å². The van der Waals surface area contributed by atoms with Crippen molar-refractivity contribution in [2.24, 2.45) is 0 Å². The van der Waals surface area contributed by atoms with E-state index in [1.165, 1.54) is 39.0 Å². The van der Waals surface area contributed by atoms with Gasteiger partial charge in [0.25, 0.3) is 0 Å². The van der Waals surface area contributed by atoms with Crippen LogP contribution in [0.15, 0.2) is 0 Å². The summed E-state index contributed by atoms with van der Waals surface area (Å²) in [5.41, 5.74) is 0. The zero-order chi connectivity index (χ0) is 18.0. The molecule has 2 rings (SSSR count). The van der Waals surface area contributed by atoms with E-state index in [0.29, 0.717) is 36.3 Å². The van der Waals surface area contributed by atoms with E-state index in [2.05, 4.69) is 75.2 Å². The summed E-state index contributed by atoms with van der Waals surface area (Å²) in [6.07, 6.45) is 2.63. The van der Waals surface area contributed by atoms with Gasteiger partial charge < -0.3 is 0 Å². The van der Waals surface area contributed by atoms with Crippen molar-refractivity contribution < 1.29 is 0 Å². The standard InChI is InChI=1S/C20H42N4/c1-15(2)23-11-17(5)21(7)19(13-23)9-10-20-14-24(16(3)4)12-18(6)22(20)8/h15-20H,9-14H2,1-8H3/t17-,18-,19+,20+/m0/s1. The topological polar surface area (TPSA) is 13.0 Å². The summed E-state index contributed by atoms with van der Waals surface area (Å²) in [7, 11) is 4.67. The van der Waals surface area contributed by atoms with Crippen LogP contribution in [-0.2, 0) is 0 Å². The van der Waals surface area contributed by atoms with Crippen molar-refractivity contribution >= 4 is 0 Å². The fourth-order valence-corrected chi connectivity index (χ4v) is 4.42. The maximum atomic E-state index is 2.67. The van der Waals surface area contributed by atoms with E-state index in [9.17, 15) is 0 Å². The highest BCUT2D eigenvalue weighted by Crippen LogP contribution is 2.24. The van der Waals surface area contributed by atoms with Crippen LogP contribution in [-0.4, -0.2) is 96.1 Å². The molecule has 4 nitrogen and oxygen atoms in total. The fraction of sp³-hybridized carbons (Fsp3) is 1.00. The third-order valence-corrected chi connectivity index (χ3v) is 6.72. The van der Waals surface area contributed by atoms with Crippen LogP contribution < -0.4 is 0 Å². The van der Waals surface area contributed by atoms with Gasteiger partial charge in [0, 0.05) is 62.4 Å². The molecule has 0 unspecified atom stereocenters. The Labute approximate surface area is 151 Å². The molecule has 0 amide bonds. The smallest absolute Gasteiger partial charge is 0.0224 e. The van der Waals surface area contributed by atoms with Gasteiger partial charge in [-0.05, 0) is 68.5 Å². The molecule has 4 atom stereocenters. The average molecular weight is 339 g/mol. The van der Waals surface area contributed by atoms with Gasteiger partial charge in [-0.3, -0.25) is 19.6 Å². The molecule has 4 heteroatoms. The van der Waals surface area contributed by atoms with E-state index < -0.39 is 0 Å². The highest BCUT2D eigenvalue weighted by Gasteiger charge is 2.34. The quantitative estimate of drug-likeness (QED) is 0.764. The molecular weight excluding hydrogens is 296 g/mol. The van der Waals surface area contributed by atoms with E-state index >= 15 is 0 Å². The Morgan fingerprint density at radius 1 is 0.667 bits per heavy atom. The van der Waals surface area contributed by atoms with Gasteiger partial charge in [0.2, 0.25) is 0 Å². The molecule has 0 bridgehead atoms. The summed E-state index contributed by atoms with van der Waals surface area (Å²) in [6, 6.07) is 4.07. The molecule has 2 aliphatic rings. The van der Waals surface area contributed by atoms with Crippen LogP contribution in [0.4, 0.5) is 0 Å². The van der Waals surface area contributed by atoms with Gasteiger partial charge in [-0.25, -0.2) is 0 Å². The second kappa shape index (κ2) is 8.48. The molecule has 0 aliphatic carbocycles. The molecule has 2 saturated heterocycles. The van der Waals surface area contributed by atoms with Crippen LogP contribution in [0, 0.1) is 0 Å². The number of hydrogen-bond acceptors (Lipinski definition) is 4. The van der Waals surface area contributed by atoms with Gasteiger partial charge in [-0.15, -0.1) is 0 Å². The third kappa shape index (κ3) is 4.72. The predicted octanol–water partition coefficient (Wildman–Crippen LogP) is 2.59. The fourth-order valence-electron chi connectivity index (χ4n) is 4.42. The van der Waals surface area contributed by atoms with Crippen molar-refractivity contribution in [1.29, 1.82) is 0 Å². The Bertz CT molecular complexity index is 348. The lowest BCUT2D eigenvalue weighted by Crippen LogP contribution is -2.59. The molecule has 0 aromatic carbocycles. The molecule has 2 fully saturated rings. The summed E-state index contributed by atoms with van der Waals surface area (Å²) in [5.74, 6) is 0. The zero-order valence-corrected chi connectivity index (χ0v) is 17.5. The van der Waals surface area contributed by atoms with E-state index in [0.717, 1.165) is 0 Å². The summed E-state index contributed by atoms with van der Waals surface area (Å²) >= 11 is 0. The Kier molecular flexibility index (Phi) is 7.12. The highest BCUT2D eigenvalue weighted by atomic mass is 15.3. The summed E-state index contributed by atoms with van der Waals surface area (Å²) < 4.78 is 0. The summed E-state index contributed by atoms with van der Waals surface area (Å²) in [6.45, 7) is 19.0. The SMILES string of the molecule is CC(C)N1C[C@@H](CC[C@@H]2CN(C(C)C)C[C@H](C)N2C)N(C)[C@@H](C)C1. The lowest BCUT2D eigenvalue weighted by molar-refractivity contribution is 0.00795. The molecule has 0 aromatic rings. The lowest BCUT2D eigenvalue weighted by atomic mass is 9.96. The van der Waals surface area contributed by atoms with E-state index in [-0.39, 0.29) is 0 Å². The second-order valence-electron chi connectivity index (χ2n) is 9.01. The molecule has 2 aliphatic heterocycles. The number of nitrogens with zero attached hydrogens (tertiary/aromatic N) is 4. The minimum absolute atomic E-state index is 0.664. The molecule has 0 aromatic heterocycles. The van der Waals surface area contributed by atoms with Gasteiger partial charge in [0.05, 0.1) is 0 Å². The van der Waals surface area contributed by atoms with Crippen LogP contribution in [0.1, 0.15) is 54.4 Å². The summed E-state index contributed by atoms with van der Waals surface area (Å²) in [4.78, 5) is 10.6. The third-order valence-electron chi connectivity index (χ3n) is 6.72. The zero-order valence-electron chi connectivity index (χ0n) is 17.5. The Morgan fingerprint density at radius 2 is 1.00 bits per heavy atom. The minimum atomic E-state index is 0.664. The maximum absolute atomic E-state index is 2.67. The molecule has 0 N–H and O–H groups in total. The van der Waals surface area contributed by atoms with Gasteiger partial charge in [0.1, 0.15) is 0 Å². The normalized spacial score (nSPS) is 35.2. The van der Waals surface area contributed by atoms with Crippen LogP contribution in [0.2, 0.25) is 0 Å². The number of likely N-dealkylation sites (N-methyl/N-ethyl adjacent to an activating group) is 2. The van der Waals surface area contributed by atoms with Crippen molar-refractivity contribution in [1.82, 2.24) is 19.6 Å². The van der Waals surface area contributed by atoms with E-state index in [1.807, 2.05) is 0 Å². The monoisotopic (exact) mass is 338 g/mol. The first kappa shape index (κ1) is 20.2. The van der Waals surface area contributed by atoms with Crippen molar-refractivity contribution in [3.63, 3.8) is 0 Å². The van der Waals surface area contributed by atoms with Crippen LogP contribution >= 0.6 is 0 Å². The number of piperazine rings is 2. The van der Waals surface area contributed by atoms with Crippen molar-refractivity contribution in [2.45, 2.75) is 90.6 Å². The second-order valence-corrected chi connectivity index (χ2v) is 9.01. The molecule has 142 valence electrons. The molecule has 24 heavy (non-hydrogen) atoms. The average Bonchev–Trinajstić information content (AvgIpc) is 2.51. The van der Waals surface area contributed by atoms with Crippen molar-refractivity contribution in [3.05, 3.63) is 0 Å². The van der Waals surface area contributed by atoms with Crippen molar-refractivity contribution in [3.8, 4) is 0 Å². The maximum Gasteiger partial charge on any atom is 0.0224 e. The molecule has 0 spiro atoms. The number of hydrogen-bond donors (Lipinski definition) is 0. The van der Waals surface area contributed by atoms with Crippen LogP contribution in [0.5, 0.6) is 0 Å². The van der Waals surface area contributed by atoms with E-state index in [4.69, 9.17) is 0 Å². The minimum Gasteiger partial charge on any atom is -0.298 e. The Balaban J connectivity index is 1.94. The molecular formula is C20H42N4. The van der Waals surface area contributed by atoms with Crippen molar-refractivity contribution in [2.75, 3.05) is 40.3 Å². The molecule has 0 saturated carbocycles. The largest absolute Gasteiger partial charge is 0.298 e. The first-order valence-electron chi connectivity index (χ1n) is 10.1. The van der Waals surface area contributed by atoms with Gasteiger partial charge in [-0.1, -0.05) is 0 Å². The Morgan fingerprint density at radius 3 is 1.29 bits per heavy atom. The van der Waals surface area contributed by atoms with Gasteiger partial charge in [-0.2, -0.15) is 0 Å². The lowest BCUT2D eigenvalue weighted by Gasteiger charge is -2.48. The van der Waals surface area contributed by atoms with Gasteiger partial charge >= 0.3 is 0 Å². The molecule has 2 heterocycles. The van der Waals surface area contributed by atoms with E-state index in [1.54, 1.807) is 0 Å². The number of rotatable bonds is 5.